The number of amides is 1. The van der Waals surface area contributed by atoms with Crippen molar-refractivity contribution in [2.75, 3.05) is 24.6 Å². The lowest BCUT2D eigenvalue weighted by atomic mass is 10.1. The molecule has 1 aromatic heterocycles. The molecule has 2 heterocycles. The second kappa shape index (κ2) is 9.07. The average Bonchev–Trinajstić information content (AvgIpc) is 3.09. The van der Waals surface area contributed by atoms with Crippen LogP contribution in [0.2, 0.25) is 0 Å². The van der Waals surface area contributed by atoms with Crippen LogP contribution in [0.4, 0.5) is 5.69 Å². The zero-order valence-electron chi connectivity index (χ0n) is 16.9. The molecule has 0 bridgehead atoms. The number of carbonyl (C=O) groups is 1. The van der Waals surface area contributed by atoms with Gasteiger partial charge in [0.25, 0.3) is 0 Å². The molecule has 0 spiro atoms. The quantitative estimate of drug-likeness (QED) is 0.801. The number of hydrogen-bond donors (Lipinski definition) is 1. The van der Waals surface area contributed by atoms with Crippen molar-refractivity contribution in [2.45, 2.75) is 52.0 Å². The Balaban J connectivity index is 1.69. The molecule has 1 unspecified atom stereocenters. The number of aliphatic hydroxyl groups is 1. The first-order chi connectivity index (χ1) is 13.3. The number of aliphatic hydroxyl groups excluding tert-OH is 1. The van der Waals surface area contributed by atoms with Gasteiger partial charge in [0.05, 0.1) is 30.5 Å². The number of rotatable bonds is 6. The van der Waals surface area contributed by atoms with Gasteiger partial charge in [0.1, 0.15) is 0 Å². The highest BCUT2D eigenvalue weighted by atomic mass is 32.1. The van der Waals surface area contributed by atoms with Crippen molar-refractivity contribution in [3.8, 4) is 0 Å². The summed E-state index contributed by atoms with van der Waals surface area (Å²) < 4.78 is 5.71. The van der Waals surface area contributed by atoms with Gasteiger partial charge >= 0.3 is 0 Å². The van der Waals surface area contributed by atoms with E-state index in [2.05, 4.69) is 28.5 Å². The standard InChI is InChI=1S/C22H30N2O3S/c1-22(2,3)27-16-18(25)14-23-11-9-21(26)24(13-17-7-5-4-6-8-17)15-20-19(23)10-12-28-20/h4-8,10,12,18,25H,9,11,13-16H2,1-3H3. The van der Waals surface area contributed by atoms with Gasteiger partial charge in [0, 0.05) is 30.9 Å². The molecule has 28 heavy (non-hydrogen) atoms. The minimum atomic E-state index is -0.595. The summed E-state index contributed by atoms with van der Waals surface area (Å²) in [6.45, 7) is 8.51. The van der Waals surface area contributed by atoms with Crippen LogP contribution in [0.25, 0.3) is 0 Å². The van der Waals surface area contributed by atoms with E-state index in [-0.39, 0.29) is 18.1 Å². The predicted molar refractivity (Wildman–Crippen MR) is 114 cm³/mol. The Morgan fingerprint density at radius 3 is 2.64 bits per heavy atom. The summed E-state index contributed by atoms with van der Waals surface area (Å²) in [4.78, 5) is 18.0. The van der Waals surface area contributed by atoms with Gasteiger partial charge in [-0.15, -0.1) is 11.3 Å². The van der Waals surface area contributed by atoms with Crippen molar-refractivity contribution in [2.24, 2.45) is 0 Å². The van der Waals surface area contributed by atoms with Gasteiger partial charge in [-0.3, -0.25) is 4.79 Å². The fourth-order valence-electron chi connectivity index (χ4n) is 3.30. The van der Waals surface area contributed by atoms with Crippen molar-refractivity contribution in [1.82, 2.24) is 4.90 Å². The van der Waals surface area contributed by atoms with Gasteiger partial charge in [0.15, 0.2) is 0 Å². The van der Waals surface area contributed by atoms with Gasteiger partial charge in [0.2, 0.25) is 5.91 Å². The van der Waals surface area contributed by atoms with Crippen LogP contribution in [0.1, 0.15) is 37.6 Å². The van der Waals surface area contributed by atoms with E-state index >= 15 is 0 Å². The maximum Gasteiger partial charge on any atom is 0.224 e. The van der Waals surface area contributed by atoms with Gasteiger partial charge < -0.3 is 19.6 Å². The van der Waals surface area contributed by atoms with Gasteiger partial charge in [-0.05, 0) is 37.8 Å². The van der Waals surface area contributed by atoms with Gasteiger partial charge in [-0.2, -0.15) is 0 Å². The van der Waals surface area contributed by atoms with Gasteiger partial charge in [-0.25, -0.2) is 0 Å². The second-order valence-electron chi connectivity index (χ2n) is 8.24. The molecular formula is C22H30N2O3S. The highest BCUT2D eigenvalue weighted by Gasteiger charge is 2.25. The summed E-state index contributed by atoms with van der Waals surface area (Å²) in [7, 11) is 0. The maximum atomic E-state index is 12.8. The molecular weight excluding hydrogens is 372 g/mol. The average molecular weight is 403 g/mol. The zero-order chi connectivity index (χ0) is 20.1. The normalized spacial score (nSPS) is 16.5. The van der Waals surface area contributed by atoms with E-state index < -0.39 is 6.10 Å². The SMILES string of the molecule is CC(C)(C)OCC(O)CN1CCC(=O)N(Cc2ccccc2)Cc2sccc21. The monoisotopic (exact) mass is 402 g/mol. The molecule has 2 aromatic rings. The van der Waals surface area contributed by atoms with Crippen molar-refractivity contribution in [1.29, 1.82) is 0 Å². The molecule has 6 heteroatoms. The molecule has 0 aliphatic carbocycles. The topological polar surface area (TPSA) is 53.0 Å². The Kier molecular flexibility index (Phi) is 6.75. The fourth-order valence-corrected chi connectivity index (χ4v) is 4.20. The number of benzene rings is 1. The first kappa shape index (κ1) is 20.8. The Bertz CT molecular complexity index is 770. The molecule has 3 rings (SSSR count). The van der Waals surface area contributed by atoms with E-state index in [0.29, 0.717) is 32.6 Å². The molecule has 0 fully saturated rings. The summed E-state index contributed by atoms with van der Waals surface area (Å²) in [6, 6.07) is 12.2. The molecule has 1 amide bonds. The molecule has 1 aliphatic heterocycles. The summed E-state index contributed by atoms with van der Waals surface area (Å²) in [5, 5.41) is 12.5. The minimum absolute atomic E-state index is 0.147. The first-order valence-electron chi connectivity index (χ1n) is 9.77. The maximum absolute atomic E-state index is 12.8. The first-order valence-corrected chi connectivity index (χ1v) is 10.6. The molecule has 0 radical (unpaired) electrons. The van der Waals surface area contributed by atoms with Crippen LogP contribution in [0.15, 0.2) is 41.8 Å². The van der Waals surface area contributed by atoms with Crippen LogP contribution in [0.5, 0.6) is 0 Å². The fraction of sp³-hybridized carbons (Fsp3) is 0.500. The molecule has 1 atom stereocenters. The van der Waals surface area contributed by atoms with E-state index in [0.717, 1.165) is 16.1 Å². The van der Waals surface area contributed by atoms with E-state index in [9.17, 15) is 9.90 Å². The summed E-state index contributed by atoms with van der Waals surface area (Å²) in [5.74, 6) is 0.147. The number of thiophene rings is 1. The molecule has 5 nitrogen and oxygen atoms in total. The predicted octanol–water partition coefficient (Wildman–Crippen LogP) is 3.66. The van der Waals surface area contributed by atoms with Gasteiger partial charge in [-0.1, -0.05) is 30.3 Å². The Labute approximate surface area is 171 Å². The molecule has 0 saturated heterocycles. The van der Waals surface area contributed by atoms with E-state index in [4.69, 9.17) is 4.74 Å². The third kappa shape index (κ3) is 5.80. The van der Waals surface area contributed by atoms with E-state index in [1.807, 2.05) is 43.9 Å². The van der Waals surface area contributed by atoms with Crippen molar-refractivity contribution in [3.63, 3.8) is 0 Å². The van der Waals surface area contributed by atoms with Crippen LogP contribution in [-0.4, -0.2) is 47.3 Å². The molecule has 0 saturated carbocycles. The number of carbonyl (C=O) groups excluding carboxylic acids is 1. The Morgan fingerprint density at radius 1 is 1.18 bits per heavy atom. The van der Waals surface area contributed by atoms with Crippen LogP contribution in [0, 0.1) is 0 Å². The lowest BCUT2D eigenvalue weighted by Gasteiger charge is -2.33. The smallest absolute Gasteiger partial charge is 0.224 e. The second-order valence-corrected chi connectivity index (χ2v) is 9.24. The number of fused-ring (bicyclic) bond motifs is 1. The lowest BCUT2D eigenvalue weighted by Crippen LogP contribution is -2.41. The molecule has 1 N–H and O–H groups in total. The number of anilines is 1. The number of nitrogens with zero attached hydrogens (tertiary/aromatic N) is 2. The molecule has 1 aromatic carbocycles. The van der Waals surface area contributed by atoms with Crippen molar-refractivity contribution < 1.29 is 14.6 Å². The highest BCUT2D eigenvalue weighted by molar-refractivity contribution is 7.10. The Hall–Kier alpha value is -1.89. The highest BCUT2D eigenvalue weighted by Crippen LogP contribution is 2.30. The summed E-state index contributed by atoms with van der Waals surface area (Å²) >= 11 is 1.66. The van der Waals surface area contributed by atoms with Crippen LogP contribution in [0.3, 0.4) is 0 Å². The minimum Gasteiger partial charge on any atom is -0.389 e. The van der Waals surface area contributed by atoms with E-state index in [1.54, 1.807) is 11.3 Å². The van der Waals surface area contributed by atoms with Crippen LogP contribution >= 0.6 is 11.3 Å². The molecule has 152 valence electrons. The third-order valence-corrected chi connectivity index (χ3v) is 5.60. The van der Waals surface area contributed by atoms with Crippen molar-refractivity contribution >= 4 is 22.9 Å². The number of hydrogen-bond acceptors (Lipinski definition) is 5. The molecule has 1 aliphatic rings. The van der Waals surface area contributed by atoms with E-state index in [1.165, 1.54) is 0 Å². The zero-order valence-corrected chi connectivity index (χ0v) is 17.7. The Morgan fingerprint density at radius 2 is 1.93 bits per heavy atom. The summed E-state index contributed by atoms with van der Waals surface area (Å²) in [5.41, 5.74) is 1.98. The lowest BCUT2D eigenvalue weighted by molar-refractivity contribution is -0.132. The summed E-state index contributed by atoms with van der Waals surface area (Å²) in [6.07, 6.45) is -0.156. The van der Waals surface area contributed by atoms with Crippen molar-refractivity contribution in [3.05, 3.63) is 52.2 Å². The van der Waals surface area contributed by atoms with Crippen LogP contribution in [-0.2, 0) is 22.6 Å². The largest absolute Gasteiger partial charge is 0.389 e. The number of ether oxygens (including phenoxy) is 1. The van der Waals surface area contributed by atoms with Crippen LogP contribution < -0.4 is 4.90 Å². The third-order valence-electron chi connectivity index (χ3n) is 4.70. The number of β-amino-alcohol motifs (C(OH)–C–C–N with tert-alkyl or cyclic N) is 1.